The Balaban J connectivity index is 2.15. The lowest BCUT2D eigenvalue weighted by atomic mass is 9.97. The molecule has 0 radical (unpaired) electrons. The highest BCUT2D eigenvalue weighted by Gasteiger charge is 2.29. The van der Waals surface area contributed by atoms with E-state index in [0.29, 0.717) is 25.9 Å². The molecular weight excluding hydrogens is 227 g/mol. The van der Waals surface area contributed by atoms with Crippen LogP contribution in [0.4, 0.5) is 13.2 Å². The van der Waals surface area contributed by atoms with Crippen molar-refractivity contribution in [2.45, 2.75) is 19.2 Å². The zero-order chi connectivity index (χ0) is 12.2. The number of rotatable bonds is 4. The van der Waals surface area contributed by atoms with E-state index in [1.54, 1.807) is 4.90 Å². The van der Waals surface area contributed by atoms with E-state index >= 15 is 0 Å². The summed E-state index contributed by atoms with van der Waals surface area (Å²) in [7, 11) is 0. The summed E-state index contributed by atoms with van der Waals surface area (Å²) in [6.07, 6.45) is -3.61. The molecule has 7 heteroatoms. The van der Waals surface area contributed by atoms with Gasteiger partial charge in [-0.15, -0.1) is 13.2 Å². The molecule has 94 valence electrons. The average molecular weight is 241 g/mol. The van der Waals surface area contributed by atoms with Crippen LogP contribution in [0.15, 0.2) is 0 Å². The van der Waals surface area contributed by atoms with Crippen LogP contribution in [0, 0.1) is 5.92 Å². The topological polar surface area (TPSA) is 49.8 Å². The van der Waals surface area contributed by atoms with Crippen LogP contribution in [-0.4, -0.2) is 48.6 Å². The van der Waals surface area contributed by atoms with Crippen LogP contribution < -0.4 is 0 Å². The minimum Gasteiger partial charge on any atom is -0.481 e. The van der Waals surface area contributed by atoms with Gasteiger partial charge in [0.25, 0.3) is 0 Å². The average Bonchev–Trinajstić information content (AvgIpc) is 2.16. The molecule has 16 heavy (non-hydrogen) atoms. The van der Waals surface area contributed by atoms with Crippen LogP contribution in [-0.2, 0) is 9.53 Å². The van der Waals surface area contributed by atoms with Gasteiger partial charge in [0.1, 0.15) is 0 Å². The second-order valence-corrected chi connectivity index (χ2v) is 3.75. The molecule has 1 aliphatic heterocycles. The van der Waals surface area contributed by atoms with Crippen LogP contribution in [0.1, 0.15) is 12.8 Å². The third kappa shape index (κ3) is 4.80. The number of hydrogen-bond donors (Lipinski definition) is 1. The number of hydrogen-bond acceptors (Lipinski definition) is 3. The molecule has 1 fully saturated rings. The van der Waals surface area contributed by atoms with E-state index in [1.807, 2.05) is 0 Å². The number of nitrogens with zero attached hydrogens (tertiary/aromatic N) is 1. The highest BCUT2D eigenvalue weighted by molar-refractivity contribution is 5.70. The summed E-state index contributed by atoms with van der Waals surface area (Å²) in [6.45, 7) is 0.809. The first-order valence-electron chi connectivity index (χ1n) is 5.04. The molecule has 1 rings (SSSR count). The van der Waals surface area contributed by atoms with Gasteiger partial charge < -0.3 is 10.0 Å². The lowest BCUT2D eigenvalue weighted by molar-refractivity contribution is -0.325. The Bertz CT molecular complexity index is 237. The number of carboxylic acids is 1. The molecule has 0 aromatic rings. The Morgan fingerprint density at radius 2 is 1.94 bits per heavy atom. The van der Waals surface area contributed by atoms with E-state index in [1.165, 1.54) is 0 Å². The van der Waals surface area contributed by atoms with Gasteiger partial charge in [0.2, 0.25) is 0 Å². The maximum Gasteiger partial charge on any atom is 0.522 e. The SMILES string of the molecule is O=C(O)C1CCN(CCOC(F)(F)F)CC1. The Morgan fingerprint density at radius 3 is 2.38 bits per heavy atom. The van der Waals surface area contributed by atoms with Crippen LogP contribution >= 0.6 is 0 Å². The summed E-state index contributed by atoms with van der Waals surface area (Å²) in [5.74, 6) is -1.19. The van der Waals surface area contributed by atoms with Crippen molar-refractivity contribution < 1.29 is 27.8 Å². The van der Waals surface area contributed by atoms with Crippen molar-refractivity contribution >= 4 is 5.97 Å². The van der Waals surface area contributed by atoms with Crippen molar-refractivity contribution in [1.82, 2.24) is 4.90 Å². The molecule has 0 unspecified atom stereocenters. The molecular formula is C9H14F3NO3. The fourth-order valence-corrected chi connectivity index (χ4v) is 1.69. The Kier molecular flexibility index (Phi) is 4.55. The van der Waals surface area contributed by atoms with E-state index in [4.69, 9.17) is 5.11 Å². The number of halogens is 3. The lowest BCUT2D eigenvalue weighted by Crippen LogP contribution is -2.38. The zero-order valence-corrected chi connectivity index (χ0v) is 8.66. The zero-order valence-electron chi connectivity index (χ0n) is 8.66. The molecule has 0 aromatic carbocycles. The lowest BCUT2D eigenvalue weighted by Gasteiger charge is -2.29. The fraction of sp³-hybridized carbons (Fsp3) is 0.889. The molecule has 0 amide bonds. The first kappa shape index (κ1) is 13.2. The number of ether oxygens (including phenoxy) is 1. The molecule has 0 aliphatic carbocycles. The molecule has 0 saturated carbocycles. The molecule has 1 saturated heterocycles. The predicted octanol–water partition coefficient (Wildman–Crippen LogP) is 1.32. The molecule has 0 spiro atoms. The van der Waals surface area contributed by atoms with Gasteiger partial charge in [0, 0.05) is 6.54 Å². The van der Waals surface area contributed by atoms with Crippen molar-refractivity contribution in [1.29, 1.82) is 0 Å². The number of piperidine rings is 1. The van der Waals surface area contributed by atoms with Crippen molar-refractivity contribution in [3.8, 4) is 0 Å². The van der Waals surface area contributed by atoms with E-state index in [2.05, 4.69) is 4.74 Å². The summed E-state index contributed by atoms with van der Waals surface area (Å²) in [6, 6.07) is 0. The molecule has 0 bridgehead atoms. The largest absolute Gasteiger partial charge is 0.522 e. The molecule has 1 heterocycles. The Hall–Kier alpha value is -0.820. The predicted molar refractivity (Wildman–Crippen MR) is 48.8 cm³/mol. The molecule has 1 N–H and O–H groups in total. The summed E-state index contributed by atoms with van der Waals surface area (Å²) in [4.78, 5) is 12.4. The molecule has 4 nitrogen and oxygen atoms in total. The van der Waals surface area contributed by atoms with Gasteiger partial charge in [-0.05, 0) is 25.9 Å². The van der Waals surface area contributed by atoms with E-state index in [0.717, 1.165) is 0 Å². The molecule has 0 atom stereocenters. The minimum absolute atomic E-state index is 0.186. The summed E-state index contributed by atoms with van der Waals surface area (Å²) in [5, 5.41) is 8.72. The number of alkyl halides is 3. The third-order valence-corrected chi connectivity index (χ3v) is 2.61. The van der Waals surface area contributed by atoms with E-state index in [-0.39, 0.29) is 12.5 Å². The first-order valence-corrected chi connectivity index (χ1v) is 5.04. The Morgan fingerprint density at radius 1 is 1.38 bits per heavy atom. The van der Waals surface area contributed by atoms with Gasteiger partial charge in [-0.25, -0.2) is 0 Å². The van der Waals surface area contributed by atoms with Crippen molar-refractivity contribution in [2.24, 2.45) is 5.92 Å². The maximum absolute atomic E-state index is 11.7. The van der Waals surface area contributed by atoms with Crippen molar-refractivity contribution in [3.05, 3.63) is 0 Å². The van der Waals surface area contributed by atoms with Crippen molar-refractivity contribution in [2.75, 3.05) is 26.2 Å². The number of carbonyl (C=O) groups is 1. The van der Waals surface area contributed by atoms with Gasteiger partial charge >= 0.3 is 12.3 Å². The second-order valence-electron chi connectivity index (χ2n) is 3.75. The quantitative estimate of drug-likeness (QED) is 0.806. The molecule has 0 aromatic heterocycles. The minimum atomic E-state index is -4.58. The summed E-state index contributed by atoms with van der Waals surface area (Å²) in [5.41, 5.74) is 0. The summed E-state index contributed by atoms with van der Waals surface area (Å²) < 4.78 is 38.6. The van der Waals surface area contributed by atoms with Crippen LogP contribution in [0.3, 0.4) is 0 Å². The highest BCUT2D eigenvalue weighted by Crippen LogP contribution is 2.18. The van der Waals surface area contributed by atoms with Crippen LogP contribution in [0.5, 0.6) is 0 Å². The van der Waals surface area contributed by atoms with E-state index in [9.17, 15) is 18.0 Å². The summed E-state index contributed by atoms with van der Waals surface area (Å²) >= 11 is 0. The van der Waals surface area contributed by atoms with Crippen LogP contribution in [0.2, 0.25) is 0 Å². The third-order valence-electron chi connectivity index (χ3n) is 2.61. The van der Waals surface area contributed by atoms with Crippen molar-refractivity contribution in [3.63, 3.8) is 0 Å². The van der Waals surface area contributed by atoms with Crippen LogP contribution in [0.25, 0.3) is 0 Å². The first-order chi connectivity index (χ1) is 7.38. The van der Waals surface area contributed by atoms with Gasteiger partial charge in [0.05, 0.1) is 12.5 Å². The maximum atomic E-state index is 11.7. The molecule has 1 aliphatic rings. The van der Waals surface area contributed by atoms with Gasteiger partial charge in [-0.3, -0.25) is 9.53 Å². The number of carboxylic acid groups (broad SMARTS) is 1. The standard InChI is InChI=1S/C9H14F3NO3/c10-9(11,12)16-6-5-13-3-1-7(2-4-13)8(14)15/h7H,1-6H2,(H,14,15). The fourth-order valence-electron chi connectivity index (χ4n) is 1.69. The van der Waals surface area contributed by atoms with Gasteiger partial charge in [-0.1, -0.05) is 0 Å². The van der Waals surface area contributed by atoms with Gasteiger partial charge in [0.15, 0.2) is 0 Å². The number of likely N-dealkylation sites (tertiary alicyclic amines) is 1. The number of aliphatic carboxylic acids is 1. The normalized spacial score (nSPS) is 19.9. The Labute approximate surface area is 91.0 Å². The van der Waals surface area contributed by atoms with Gasteiger partial charge in [-0.2, -0.15) is 0 Å². The highest BCUT2D eigenvalue weighted by atomic mass is 19.4. The van der Waals surface area contributed by atoms with E-state index < -0.39 is 18.9 Å². The monoisotopic (exact) mass is 241 g/mol. The smallest absolute Gasteiger partial charge is 0.481 e. The second kappa shape index (κ2) is 5.49.